The summed E-state index contributed by atoms with van der Waals surface area (Å²) in [7, 11) is 1.87. The lowest BCUT2D eigenvalue weighted by atomic mass is 9.98. The Balaban J connectivity index is 2.68. The van der Waals surface area contributed by atoms with Crippen LogP contribution < -0.4 is 5.32 Å². The summed E-state index contributed by atoms with van der Waals surface area (Å²) in [6.07, 6.45) is 1.45. The van der Waals surface area contributed by atoms with Crippen molar-refractivity contribution < 1.29 is 9.53 Å². The van der Waals surface area contributed by atoms with Crippen LogP contribution in [0.25, 0.3) is 0 Å². The van der Waals surface area contributed by atoms with Crippen molar-refractivity contribution in [3.8, 4) is 0 Å². The van der Waals surface area contributed by atoms with Crippen LogP contribution in [0.2, 0.25) is 0 Å². The minimum absolute atomic E-state index is 0.0205. The summed E-state index contributed by atoms with van der Waals surface area (Å²) in [5, 5.41) is 3.17. The molecule has 1 aromatic rings. The van der Waals surface area contributed by atoms with Gasteiger partial charge in [-0.25, -0.2) is 0 Å². The maximum atomic E-state index is 11.5. The summed E-state index contributed by atoms with van der Waals surface area (Å²) in [4.78, 5) is 11.5. The van der Waals surface area contributed by atoms with Crippen LogP contribution in [0.15, 0.2) is 24.3 Å². The molecular weight excluding hydrogens is 238 g/mol. The summed E-state index contributed by atoms with van der Waals surface area (Å²) in [5.74, 6) is 0.499. The number of nitrogens with one attached hydrogen (secondary N) is 1. The molecule has 0 saturated carbocycles. The molecule has 0 aromatic heterocycles. The van der Waals surface area contributed by atoms with Gasteiger partial charge in [0.05, 0.1) is 13.0 Å². The number of benzene rings is 1. The first-order valence-corrected chi connectivity index (χ1v) is 6.98. The normalized spacial score (nSPS) is 12.5. The second-order valence-electron chi connectivity index (χ2n) is 5.19. The first-order valence-electron chi connectivity index (χ1n) is 6.98. The Morgan fingerprint density at radius 2 is 1.89 bits per heavy atom. The second kappa shape index (κ2) is 7.95. The summed E-state index contributed by atoms with van der Waals surface area (Å²) >= 11 is 0. The molecule has 0 fully saturated rings. The summed E-state index contributed by atoms with van der Waals surface area (Å²) in [5.41, 5.74) is 2.47. The Bertz CT molecular complexity index is 384. The largest absolute Gasteiger partial charge is 0.466 e. The minimum atomic E-state index is -0.159. The molecule has 1 N–H and O–H groups in total. The van der Waals surface area contributed by atoms with Crippen LogP contribution in [0.4, 0.5) is 0 Å². The van der Waals surface area contributed by atoms with Crippen molar-refractivity contribution in [1.82, 2.24) is 5.32 Å². The van der Waals surface area contributed by atoms with Gasteiger partial charge in [0.2, 0.25) is 0 Å². The van der Waals surface area contributed by atoms with Gasteiger partial charge < -0.3 is 10.1 Å². The number of esters is 1. The third-order valence-corrected chi connectivity index (χ3v) is 3.05. The van der Waals surface area contributed by atoms with Crippen LogP contribution in [-0.2, 0) is 16.0 Å². The monoisotopic (exact) mass is 263 g/mol. The van der Waals surface area contributed by atoms with E-state index in [9.17, 15) is 4.79 Å². The Morgan fingerprint density at radius 1 is 1.26 bits per heavy atom. The van der Waals surface area contributed by atoms with Crippen molar-refractivity contribution in [3.63, 3.8) is 0 Å². The molecule has 19 heavy (non-hydrogen) atoms. The maximum Gasteiger partial charge on any atom is 0.307 e. The summed E-state index contributed by atoms with van der Waals surface area (Å²) in [6.45, 7) is 6.69. The van der Waals surface area contributed by atoms with Crippen molar-refractivity contribution in [1.29, 1.82) is 0 Å². The van der Waals surface area contributed by atoms with E-state index >= 15 is 0 Å². The molecule has 3 nitrogen and oxygen atoms in total. The summed E-state index contributed by atoms with van der Waals surface area (Å²) < 4.78 is 4.99. The van der Waals surface area contributed by atoms with Gasteiger partial charge in [-0.05, 0) is 37.4 Å². The molecule has 1 atom stereocenters. The molecule has 0 radical (unpaired) electrons. The smallest absolute Gasteiger partial charge is 0.307 e. The number of hydrogen-bond acceptors (Lipinski definition) is 3. The van der Waals surface area contributed by atoms with Crippen molar-refractivity contribution >= 4 is 5.97 Å². The number of hydrogen-bond donors (Lipinski definition) is 1. The predicted octanol–water partition coefficient (Wildman–Crippen LogP) is 3.10. The van der Waals surface area contributed by atoms with Crippen LogP contribution in [0, 0.1) is 5.92 Å². The molecule has 0 spiro atoms. The number of rotatable bonds is 7. The predicted molar refractivity (Wildman–Crippen MR) is 78.0 cm³/mol. The molecular formula is C16H25NO2. The molecule has 0 aliphatic heterocycles. The standard InChI is InChI=1S/C16H25NO2/c1-5-19-16(18)11-15(17-4)14-8-6-13(7-9-14)10-12(2)3/h6-9,12,15,17H,5,10-11H2,1-4H3. The van der Waals surface area contributed by atoms with Crippen LogP contribution in [0.1, 0.15) is 44.4 Å². The highest BCUT2D eigenvalue weighted by molar-refractivity contribution is 5.70. The Kier molecular flexibility index (Phi) is 6.57. The highest BCUT2D eigenvalue weighted by Crippen LogP contribution is 2.19. The SMILES string of the molecule is CCOC(=O)CC(NC)c1ccc(CC(C)C)cc1. The molecule has 0 bridgehead atoms. The average molecular weight is 263 g/mol. The van der Waals surface area contributed by atoms with Gasteiger partial charge in [0.1, 0.15) is 0 Å². The third kappa shape index (κ3) is 5.43. The van der Waals surface area contributed by atoms with E-state index in [1.165, 1.54) is 5.56 Å². The van der Waals surface area contributed by atoms with Gasteiger partial charge in [0.25, 0.3) is 0 Å². The van der Waals surface area contributed by atoms with E-state index in [4.69, 9.17) is 4.74 Å². The van der Waals surface area contributed by atoms with Gasteiger partial charge in [0, 0.05) is 6.04 Å². The van der Waals surface area contributed by atoms with Crippen molar-refractivity contribution in [2.24, 2.45) is 5.92 Å². The van der Waals surface area contributed by atoms with E-state index in [1.807, 2.05) is 14.0 Å². The minimum Gasteiger partial charge on any atom is -0.466 e. The van der Waals surface area contributed by atoms with Crippen molar-refractivity contribution in [3.05, 3.63) is 35.4 Å². The van der Waals surface area contributed by atoms with E-state index < -0.39 is 0 Å². The second-order valence-corrected chi connectivity index (χ2v) is 5.19. The lowest BCUT2D eigenvalue weighted by molar-refractivity contribution is -0.143. The van der Waals surface area contributed by atoms with Crippen LogP contribution in [0.3, 0.4) is 0 Å². The highest BCUT2D eigenvalue weighted by atomic mass is 16.5. The molecule has 3 heteroatoms. The fourth-order valence-corrected chi connectivity index (χ4v) is 2.13. The molecule has 0 heterocycles. The van der Waals surface area contributed by atoms with Gasteiger partial charge in [-0.1, -0.05) is 38.1 Å². The Morgan fingerprint density at radius 3 is 2.37 bits per heavy atom. The fraction of sp³-hybridized carbons (Fsp3) is 0.562. The molecule has 1 aromatic carbocycles. The van der Waals surface area contributed by atoms with E-state index in [-0.39, 0.29) is 12.0 Å². The molecule has 106 valence electrons. The van der Waals surface area contributed by atoms with E-state index in [2.05, 4.69) is 43.4 Å². The molecule has 0 aliphatic carbocycles. The topological polar surface area (TPSA) is 38.3 Å². The van der Waals surface area contributed by atoms with E-state index in [1.54, 1.807) is 0 Å². The van der Waals surface area contributed by atoms with Gasteiger partial charge in [-0.2, -0.15) is 0 Å². The molecule has 1 rings (SSSR count). The average Bonchev–Trinajstić information content (AvgIpc) is 2.37. The van der Waals surface area contributed by atoms with Crippen LogP contribution in [-0.4, -0.2) is 19.6 Å². The summed E-state index contributed by atoms with van der Waals surface area (Å²) in [6, 6.07) is 8.50. The lowest BCUT2D eigenvalue weighted by Crippen LogP contribution is -2.21. The highest BCUT2D eigenvalue weighted by Gasteiger charge is 2.14. The van der Waals surface area contributed by atoms with Gasteiger partial charge >= 0.3 is 5.97 Å². The Hall–Kier alpha value is -1.35. The fourth-order valence-electron chi connectivity index (χ4n) is 2.13. The number of carbonyl (C=O) groups excluding carboxylic acids is 1. The Labute approximate surface area is 116 Å². The quantitative estimate of drug-likeness (QED) is 0.768. The zero-order valence-electron chi connectivity index (χ0n) is 12.4. The maximum absolute atomic E-state index is 11.5. The number of carbonyl (C=O) groups is 1. The zero-order valence-corrected chi connectivity index (χ0v) is 12.4. The molecule has 0 saturated heterocycles. The molecule has 0 amide bonds. The van der Waals surface area contributed by atoms with E-state index in [0.29, 0.717) is 18.9 Å². The lowest BCUT2D eigenvalue weighted by Gasteiger charge is -2.16. The zero-order chi connectivity index (χ0) is 14.3. The van der Waals surface area contributed by atoms with Crippen LogP contribution in [0.5, 0.6) is 0 Å². The van der Waals surface area contributed by atoms with Crippen molar-refractivity contribution in [2.75, 3.05) is 13.7 Å². The third-order valence-electron chi connectivity index (χ3n) is 3.05. The van der Waals surface area contributed by atoms with E-state index in [0.717, 1.165) is 12.0 Å². The number of ether oxygens (including phenoxy) is 1. The molecule has 0 aliphatic rings. The first-order chi connectivity index (χ1) is 9.06. The van der Waals surface area contributed by atoms with Gasteiger partial charge in [-0.15, -0.1) is 0 Å². The van der Waals surface area contributed by atoms with Gasteiger partial charge in [0.15, 0.2) is 0 Å². The molecule has 1 unspecified atom stereocenters. The van der Waals surface area contributed by atoms with Crippen LogP contribution >= 0.6 is 0 Å². The van der Waals surface area contributed by atoms with Gasteiger partial charge in [-0.3, -0.25) is 4.79 Å². The van der Waals surface area contributed by atoms with Crippen molar-refractivity contribution in [2.45, 2.75) is 39.7 Å². The first kappa shape index (κ1) is 15.7.